The van der Waals surface area contributed by atoms with Crippen molar-refractivity contribution in [2.24, 2.45) is 0 Å². The first-order chi connectivity index (χ1) is 17.4. The summed E-state index contributed by atoms with van der Waals surface area (Å²) in [5.74, 6) is -1.77. The number of anilines is 1. The normalized spacial score (nSPS) is 12.1. The summed E-state index contributed by atoms with van der Waals surface area (Å²) < 4.78 is 42.8. The molecule has 37 heavy (non-hydrogen) atoms. The molecule has 0 radical (unpaired) electrons. The van der Waals surface area contributed by atoms with Gasteiger partial charge in [0.05, 0.1) is 20.6 Å². The molecule has 3 aromatic rings. The fourth-order valence-electron chi connectivity index (χ4n) is 3.61. The van der Waals surface area contributed by atoms with Gasteiger partial charge >= 0.3 is 0 Å². The first-order valence-corrected chi connectivity index (χ1v) is 13.4. The largest absolute Gasteiger partial charge is 0.357 e. The van der Waals surface area contributed by atoms with Crippen LogP contribution >= 0.6 is 23.2 Å². The minimum Gasteiger partial charge on any atom is -0.357 e. The highest BCUT2D eigenvalue weighted by Gasteiger charge is 2.32. The lowest BCUT2D eigenvalue weighted by atomic mass is 10.1. The second-order valence-electron chi connectivity index (χ2n) is 8.33. The van der Waals surface area contributed by atoms with Gasteiger partial charge in [0.1, 0.15) is 18.4 Å². The molecule has 3 rings (SSSR count). The van der Waals surface area contributed by atoms with Crippen LogP contribution in [0.15, 0.2) is 71.6 Å². The number of carbonyl (C=O) groups excluding carboxylic acids is 2. The maximum atomic E-state index is 14.4. The summed E-state index contributed by atoms with van der Waals surface area (Å²) in [7, 11) is -2.84. The summed E-state index contributed by atoms with van der Waals surface area (Å²) in [6.45, 7) is 2.37. The Morgan fingerprint density at radius 2 is 1.65 bits per heavy atom. The van der Waals surface area contributed by atoms with E-state index in [0.717, 1.165) is 14.8 Å². The number of hydrogen-bond donors (Lipinski definition) is 1. The van der Waals surface area contributed by atoms with E-state index < -0.39 is 40.2 Å². The Hall–Kier alpha value is -3.14. The number of hydrogen-bond acceptors (Lipinski definition) is 4. The average molecular weight is 566 g/mol. The second-order valence-corrected chi connectivity index (χ2v) is 11.0. The van der Waals surface area contributed by atoms with Crippen molar-refractivity contribution < 1.29 is 22.4 Å². The lowest BCUT2D eigenvalue weighted by molar-refractivity contribution is -0.139. The molecule has 0 saturated heterocycles. The van der Waals surface area contributed by atoms with Gasteiger partial charge in [-0.3, -0.25) is 13.9 Å². The number of carbonyl (C=O) groups is 2. The number of rotatable bonds is 9. The quantitative estimate of drug-likeness (QED) is 0.403. The van der Waals surface area contributed by atoms with Crippen molar-refractivity contribution in [3.63, 3.8) is 0 Å². The molecule has 0 fully saturated rings. The van der Waals surface area contributed by atoms with Crippen molar-refractivity contribution in [3.8, 4) is 0 Å². The molecule has 7 nitrogen and oxygen atoms in total. The summed E-state index contributed by atoms with van der Waals surface area (Å²) in [6.07, 6.45) is 0. The molecule has 0 aromatic heterocycles. The Morgan fingerprint density at radius 1 is 1.00 bits per heavy atom. The van der Waals surface area contributed by atoms with Crippen LogP contribution in [0.5, 0.6) is 0 Å². The van der Waals surface area contributed by atoms with Gasteiger partial charge in [-0.05, 0) is 50.2 Å². The Morgan fingerprint density at radius 3 is 2.24 bits per heavy atom. The van der Waals surface area contributed by atoms with Crippen LogP contribution in [0, 0.1) is 12.7 Å². The van der Waals surface area contributed by atoms with Crippen LogP contribution in [0.25, 0.3) is 0 Å². The van der Waals surface area contributed by atoms with Crippen LogP contribution in [0.2, 0.25) is 10.0 Å². The third kappa shape index (κ3) is 6.60. The third-order valence-electron chi connectivity index (χ3n) is 5.79. The zero-order valence-electron chi connectivity index (χ0n) is 20.4. The maximum Gasteiger partial charge on any atom is 0.264 e. The Labute approximate surface area is 225 Å². The summed E-state index contributed by atoms with van der Waals surface area (Å²) in [5.41, 5.74) is 1.13. The molecular formula is C26H26Cl2FN3O4S. The molecule has 11 heteroatoms. The Kier molecular flexibility index (Phi) is 9.17. The standard InChI is InChI=1S/C26H26Cl2FN3O4S/c1-17-8-11-21(12-9-17)37(35,36)32(20-10-13-22(27)23(28)14-20)16-25(33)31(18(2)26(34)30-3)15-19-6-4-5-7-24(19)29/h4-14,18H,15-16H2,1-3H3,(H,30,34). The fourth-order valence-corrected chi connectivity index (χ4v) is 5.31. The van der Waals surface area contributed by atoms with Crippen molar-refractivity contribution in [1.82, 2.24) is 10.2 Å². The van der Waals surface area contributed by atoms with Gasteiger partial charge in [0.2, 0.25) is 11.8 Å². The summed E-state index contributed by atoms with van der Waals surface area (Å²) in [6, 6.07) is 15.2. The van der Waals surface area contributed by atoms with E-state index in [1.165, 1.54) is 62.5 Å². The summed E-state index contributed by atoms with van der Waals surface area (Å²) >= 11 is 12.2. The van der Waals surface area contributed by atoms with Crippen molar-refractivity contribution in [2.45, 2.75) is 31.3 Å². The van der Waals surface area contributed by atoms with E-state index in [4.69, 9.17) is 23.2 Å². The first-order valence-electron chi connectivity index (χ1n) is 11.2. The van der Waals surface area contributed by atoms with Crippen molar-refractivity contribution in [1.29, 1.82) is 0 Å². The average Bonchev–Trinajstić information content (AvgIpc) is 2.87. The smallest absolute Gasteiger partial charge is 0.264 e. The summed E-state index contributed by atoms with van der Waals surface area (Å²) in [5, 5.41) is 2.77. The molecule has 0 aliphatic rings. The van der Waals surface area contributed by atoms with E-state index in [2.05, 4.69) is 5.32 Å². The Balaban J connectivity index is 2.07. The molecule has 0 heterocycles. The van der Waals surface area contributed by atoms with Gasteiger partial charge in [0.15, 0.2) is 0 Å². The Bertz CT molecular complexity index is 1400. The number of sulfonamides is 1. The molecule has 0 saturated carbocycles. The lowest BCUT2D eigenvalue weighted by Crippen LogP contribution is -2.50. The molecule has 1 atom stereocenters. The van der Waals surface area contributed by atoms with Gasteiger partial charge in [-0.1, -0.05) is 59.1 Å². The molecule has 0 aliphatic heterocycles. The third-order valence-corrected chi connectivity index (χ3v) is 8.32. The first kappa shape index (κ1) is 28.4. The minimum absolute atomic E-state index is 0.0445. The van der Waals surface area contributed by atoms with E-state index in [1.807, 2.05) is 6.92 Å². The number of halogens is 3. The van der Waals surface area contributed by atoms with Crippen LogP contribution in [0.3, 0.4) is 0 Å². The van der Waals surface area contributed by atoms with Crippen molar-refractivity contribution >= 4 is 50.7 Å². The topological polar surface area (TPSA) is 86.8 Å². The van der Waals surface area contributed by atoms with Gasteiger partial charge in [0.25, 0.3) is 10.0 Å². The van der Waals surface area contributed by atoms with E-state index in [0.29, 0.717) is 0 Å². The van der Waals surface area contributed by atoms with Crippen LogP contribution in [0.4, 0.5) is 10.1 Å². The van der Waals surface area contributed by atoms with Crippen molar-refractivity contribution in [3.05, 3.63) is 93.7 Å². The highest BCUT2D eigenvalue weighted by molar-refractivity contribution is 7.92. The molecule has 0 spiro atoms. The molecule has 196 valence electrons. The second kappa shape index (κ2) is 11.9. The van der Waals surface area contributed by atoms with E-state index in [9.17, 15) is 22.4 Å². The molecule has 1 unspecified atom stereocenters. The SMILES string of the molecule is CNC(=O)C(C)N(Cc1ccccc1F)C(=O)CN(c1ccc(Cl)c(Cl)c1)S(=O)(=O)c1ccc(C)cc1. The van der Waals surface area contributed by atoms with Gasteiger partial charge < -0.3 is 10.2 Å². The molecular weight excluding hydrogens is 540 g/mol. The van der Waals surface area contributed by atoms with Crippen molar-refractivity contribution in [2.75, 3.05) is 17.9 Å². The zero-order chi connectivity index (χ0) is 27.3. The zero-order valence-corrected chi connectivity index (χ0v) is 22.7. The maximum absolute atomic E-state index is 14.4. The summed E-state index contributed by atoms with van der Waals surface area (Å²) in [4.78, 5) is 27.2. The fraction of sp³-hybridized carbons (Fsp3) is 0.231. The highest BCUT2D eigenvalue weighted by Crippen LogP contribution is 2.31. The van der Waals surface area contributed by atoms with Crippen LogP contribution in [0.1, 0.15) is 18.1 Å². The molecule has 2 amide bonds. The number of aryl methyl sites for hydroxylation is 1. The monoisotopic (exact) mass is 565 g/mol. The van der Waals surface area contributed by atoms with Crippen LogP contribution < -0.4 is 9.62 Å². The number of nitrogens with zero attached hydrogens (tertiary/aromatic N) is 2. The molecule has 0 aliphatic carbocycles. The number of nitrogens with one attached hydrogen (secondary N) is 1. The van der Waals surface area contributed by atoms with E-state index >= 15 is 0 Å². The van der Waals surface area contributed by atoms with Gasteiger partial charge in [-0.15, -0.1) is 0 Å². The van der Waals surface area contributed by atoms with E-state index in [1.54, 1.807) is 18.2 Å². The van der Waals surface area contributed by atoms with Gasteiger partial charge in [-0.2, -0.15) is 0 Å². The lowest BCUT2D eigenvalue weighted by Gasteiger charge is -2.32. The highest BCUT2D eigenvalue weighted by atomic mass is 35.5. The van der Waals surface area contributed by atoms with Crippen LogP contribution in [-0.4, -0.2) is 44.8 Å². The predicted molar refractivity (Wildman–Crippen MR) is 143 cm³/mol. The number of benzene rings is 3. The van der Waals surface area contributed by atoms with Crippen LogP contribution in [-0.2, 0) is 26.2 Å². The van der Waals surface area contributed by atoms with E-state index in [-0.39, 0.29) is 32.7 Å². The van der Waals surface area contributed by atoms with Gasteiger partial charge in [-0.25, -0.2) is 12.8 Å². The predicted octanol–water partition coefficient (Wildman–Crippen LogP) is 4.80. The molecule has 0 bridgehead atoms. The number of amides is 2. The molecule has 1 N–H and O–H groups in total. The van der Waals surface area contributed by atoms with Gasteiger partial charge in [0, 0.05) is 19.2 Å². The minimum atomic E-state index is -4.25. The molecule has 3 aromatic carbocycles. The number of likely N-dealkylation sites (N-methyl/N-ethyl adjacent to an activating group) is 1.